The number of piperidine rings is 1. The van der Waals surface area contributed by atoms with Crippen LogP contribution in [0.15, 0.2) is 18.2 Å². The van der Waals surface area contributed by atoms with E-state index in [2.05, 4.69) is 9.62 Å². The Balaban J connectivity index is 1.80. The minimum absolute atomic E-state index is 0.00428. The van der Waals surface area contributed by atoms with Crippen LogP contribution in [0.2, 0.25) is 0 Å². The number of halogens is 3. The molecule has 1 aliphatic heterocycles. The van der Waals surface area contributed by atoms with Crippen molar-refractivity contribution >= 4 is 10.0 Å². The van der Waals surface area contributed by atoms with Crippen molar-refractivity contribution in [1.82, 2.24) is 9.62 Å². The Bertz CT molecular complexity index is 617. The number of nitrogens with one attached hydrogen (secondary N) is 1. The first kappa shape index (κ1) is 18.2. The second-order valence-corrected chi connectivity index (χ2v) is 7.65. The third kappa shape index (κ3) is 5.78. The van der Waals surface area contributed by atoms with Gasteiger partial charge in [0.25, 0.3) is 0 Å². The van der Waals surface area contributed by atoms with E-state index in [-0.39, 0.29) is 18.2 Å². The van der Waals surface area contributed by atoms with Gasteiger partial charge in [0.2, 0.25) is 10.0 Å². The van der Waals surface area contributed by atoms with Crippen molar-refractivity contribution in [3.8, 4) is 0 Å². The molecule has 8 heteroatoms. The van der Waals surface area contributed by atoms with Gasteiger partial charge in [-0.15, -0.1) is 0 Å². The lowest BCUT2D eigenvalue weighted by molar-refractivity contribution is 0.199. The van der Waals surface area contributed by atoms with E-state index in [0.717, 1.165) is 6.07 Å². The molecule has 0 amide bonds. The predicted octanol–water partition coefficient (Wildman–Crippen LogP) is 2.21. The Hall–Kier alpha value is -1.12. The fourth-order valence-corrected chi connectivity index (χ4v) is 4.01. The first-order valence-electron chi connectivity index (χ1n) is 7.62. The smallest absolute Gasteiger partial charge is 0.211 e. The highest BCUT2D eigenvalue weighted by atomic mass is 32.2. The lowest BCUT2D eigenvalue weighted by Gasteiger charge is -2.32. The third-order valence-electron chi connectivity index (χ3n) is 3.87. The molecule has 0 aromatic heterocycles. The zero-order valence-corrected chi connectivity index (χ0v) is 13.6. The molecule has 1 aliphatic rings. The molecule has 1 saturated heterocycles. The number of nitrogens with zero attached hydrogens (tertiary/aromatic N) is 1. The highest BCUT2D eigenvalue weighted by Crippen LogP contribution is 2.16. The summed E-state index contributed by atoms with van der Waals surface area (Å²) in [5.41, 5.74) is 0.686. The number of benzene rings is 1. The van der Waals surface area contributed by atoms with E-state index in [1.54, 1.807) is 6.07 Å². The van der Waals surface area contributed by atoms with Gasteiger partial charge in [-0.25, -0.2) is 21.9 Å². The predicted molar refractivity (Wildman–Crippen MR) is 82.2 cm³/mol. The summed E-state index contributed by atoms with van der Waals surface area (Å²) in [5, 5.41) is 0. The summed E-state index contributed by atoms with van der Waals surface area (Å²) in [4.78, 5) is 2.07. The van der Waals surface area contributed by atoms with E-state index in [4.69, 9.17) is 0 Å². The second-order valence-electron chi connectivity index (χ2n) is 5.78. The molecular weight excluding hydrogens is 329 g/mol. The Morgan fingerprint density at radius 1 is 1.17 bits per heavy atom. The van der Waals surface area contributed by atoms with Crippen molar-refractivity contribution < 1.29 is 21.6 Å². The average molecular weight is 350 g/mol. The monoisotopic (exact) mass is 350 g/mol. The maximum atomic E-state index is 13.2. The number of likely N-dealkylation sites (tertiary alicyclic amines) is 1. The first-order chi connectivity index (χ1) is 10.9. The van der Waals surface area contributed by atoms with Gasteiger partial charge >= 0.3 is 0 Å². The number of rotatable bonds is 7. The van der Waals surface area contributed by atoms with Gasteiger partial charge < -0.3 is 0 Å². The number of hydrogen-bond donors (Lipinski definition) is 1. The maximum absolute atomic E-state index is 13.2. The lowest BCUT2D eigenvalue weighted by Crippen LogP contribution is -2.45. The molecule has 23 heavy (non-hydrogen) atoms. The van der Waals surface area contributed by atoms with Crippen LogP contribution in [0.5, 0.6) is 0 Å². The molecule has 0 spiro atoms. The van der Waals surface area contributed by atoms with Crippen LogP contribution in [0.4, 0.5) is 13.2 Å². The highest BCUT2D eigenvalue weighted by molar-refractivity contribution is 7.89. The van der Waals surface area contributed by atoms with E-state index in [1.807, 2.05) is 0 Å². The molecule has 1 aromatic carbocycles. The minimum atomic E-state index is -3.43. The third-order valence-corrected chi connectivity index (χ3v) is 5.39. The van der Waals surface area contributed by atoms with Crippen LogP contribution in [-0.2, 0) is 16.6 Å². The standard InChI is InChI=1S/C15H21F3N2O2S/c16-6-1-9-23(21,22)19-13-4-7-20(8-5-13)11-12-2-3-14(17)15(18)10-12/h2-3,10,13,19H,1,4-9,11H2. The topological polar surface area (TPSA) is 49.4 Å². The lowest BCUT2D eigenvalue weighted by atomic mass is 10.1. The summed E-state index contributed by atoms with van der Waals surface area (Å²) in [7, 11) is -3.43. The van der Waals surface area contributed by atoms with Gasteiger partial charge in [-0.05, 0) is 37.0 Å². The fraction of sp³-hybridized carbons (Fsp3) is 0.600. The van der Waals surface area contributed by atoms with Crippen LogP contribution in [-0.4, -0.2) is 44.9 Å². The van der Waals surface area contributed by atoms with Crippen LogP contribution in [0, 0.1) is 11.6 Å². The van der Waals surface area contributed by atoms with Gasteiger partial charge in [0.15, 0.2) is 11.6 Å². The molecule has 0 aliphatic carbocycles. The summed E-state index contributed by atoms with van der Waals surface area (Å²) in [6.45, 7) is 1.18. The fourth-order valence-electron chi connectivity index (χ4n) is 2.66. The normalized spacial score (nSPS) is 17.5. The largest absolute Gasteiger partial charge is 0.299 e. The number of hydrogen-bond acceptors (Lipinski definition) is 3. The summed E-state index contributed by atoms with van der Waals surface area (Å²) >= 11 is 0. The van der Waals surface area contributed by atoms with Gasteiger partial charge in [-0.1, -0.05) is 6.07 Å². The van der Waals surface area contributed by atoms with Crippen LogP contribution in [0.25, 0.3) is 0 Å². The van der Waals surface area contributed by atoms with E-state index in [0.29, 0.717) is 38.0 Å². The zero-order chi connectivity index (χ0) is 16.9. The molecule has 0 bridgehead atoms. The molecule has 4 nitrogen and oxygen atoms in total. The summed E-state index contributed by atoms with van der Waals surface area (Å²) in [6.07, 6.45) is 1.28. The van der Waals surface area contributed by atoms with Gasteiger partial charge in [0.05, 0.1) is 12.4 Å². The highest BCUT2D eigenvalue weighted by Gasteiger charge is 2.23. The quantitative estimate of drug-likeness (QED) is 0.820. The molecule has 1 aromatic rings. The van der Waals surface area contributed by atoms with Crippen molar-refractivity contribution in [3.63, 3.8) is 0 Å². The molecule has 0 saturated carbocycles. The molecular formula is C15H21F3N2O2S. The van der Waals surface area contributed by atoms with Gasteiger partial charge in [-0.2, -0.15) is 0 Å². The second kappa shape index (κ2) is 8.12. The SMILES string of the molecule is O=S(=O)(CCCF)NC1CCN(Cc2ccc(F)c(F)c2)CC1. The Morgan fingerprint density at radius 2 is 1.87 bits per heavy atom. The van der Waals surface area contributed by atoms with E-state index in [9.17, 15) is 21.6 Å². The average Bonchev–Trinajstić information content (AvgIpc) is 2.51. The molecule has 0 unspecified atom stereocenters. The van der Waals surface area contributed by atoms with E-state index < -0.39 is 28.3 Å². The zero-order valence-electron chi connectivity index (χ0n) is 12.8. The van der Waals surface area contributed by atoms with Gasteiger partial charge in [0.1, 0.15) is 0 Å². The number of sulfonamides is 1. The molecule has 1 heterocycles. The van der Waals surface area contributed by atoms with Crippen molar-refractivity contribution in [2.75, 3.05) is 25.5 Å². The van der Waals surface area contributed by atoms with Crippen LogP contribution < -0.4 is 4.72 Å². The van der Waals surface area contributed by atoms with Crippen molar-refractivity contribution in [2.24, 2.45) is 0 Å². The Labute approximate surface area is 134 Å². The van der Waals surface area contributed by atoms with Crippen molar-refractivity contribution in [3.05, 3.63) is 35.4 Å². The Morgan fingerprint density at radius 3 is 2.48 bits per heavy atom. The molecule has 0 radical (unpaired) electrons. The first-order valence-corrected chi connectivity index (χ1v) is 9.27. The Kier molecular flexibility index (Phi) is 6.43. The minimum Gasteiger partial charge on any atom is -0.299 e. The van der Waals surface area contributed by atoms with Crippen molar-refractivity contribution in [2.45, 2.75) is 31.8 Å². The maximum Gasteiger partial charge on any atom is 0.211 e. The van der Waals surface area contributed by atoms with E-state index in [1.165, 1.54) is 6.07 Å². The molecule has 130 valence electrons. The van der Waals surface area contributed by atoms with Gasteiger partial charge in [-0.3, -0.25) is 9.29 Å². The number of alkyl halides is 1. The van der Waals surface area contributed by atoms with Crippen molar-refractivity contribution in [1.29, 1.82) is 0 Å². The summed E-state index contributed by atoms with van der Waals surface area (Å²) in [6, 6.07) is 3.68. The van der Waals surface area contributed by atoms with Gasteiger partial charge in [0, 0.05) is 25.7 Å². The van der Waals surface area contributed by atoms with Crippen LogP contribution in [0.3, 0.4) is 0 Å². The summed E-state index contributed by atoms with van der Waals surface area (Å²) in [5.74, 6) is -1.92. The molecule has 1 fully saturated rings. The van der Waals surface area contributed by atoms with E-state index >= 15 is 0 Å². The molecule has 2 rings (SSSR count). The van der Waals surface area contributed by atoms with Crippen LogP contribution >= 0.6 is 0 Å². The molecule has 1 N–H and O–H groups in total. The molecule has 0 atom stereocenters. The van der Waals surface area contributed by atoms with Crippen LogP contribution in [0.1, 0.15) is 24.8 Å². The summed E-state index contributed by atoms with van der Waals surface area (Å²) < 4.78 is 64.2.